The lowest BCUT2D eigenvalue weighted by atomic mass is 9.96. The highest BCUT2D eigenvalue weighted by atomic mass is 16.4. The van der Waals surface area contributed by atoms with E-state index in [0.29, 0.717) is 19.3 Å². The van der Waals surface area contributed by atoms with Gasteiger partial charge in [0.25, 0.3) is 0 Å². The van der Waals surface area contributed by atoms with E-state index in [1.165, 1.54) is 69.3 Å². The molecule has 692 valence electrons. The average Bonchev–Trinajstić information content (AvgIpc) is 0.847. The van der Waals surface area contributed by atoms with Crippen LogP contribution >= 0.6 is 0 Å². The van der Waals surface area contributed by atoms with Crippen molar-refractivity contribution in [3.05, 3.63) is 59.7 Å². The van der Waals surface area contributed by atoms with E-state index in [1.54, 1.807) is 20.8 Å². The van der Waals surface area contributed by atoms with Crippen LogP contribution in [0.25, 0.3) is 0 Å². The van der Waals surface area contributed by atoms with Crippen molar-refractivity contribution in [3.8, 4) is 11.5 Å². The van der Waals surface area contributed by atoms with Crippen molar-refractivity contribution < 1.29 is 137 Å². The Balaban J connectivity index is 2.42. The Morgan fingerprint density at radius 3 is 1.06 bits per heavy atom. The fourth-order valence-corrected chi connectivity index (χ4v) is 11.4. The molecule has 0 aliphatic heterocycles. The zero-order valence-corrected chi connectivity index (χ0v) is 69.3. The molecule has 2 rings (SSSR count). The number of aliphatic carboxylic acids is 2. The number of nitrogens with two attached hydrogens (primary N) is 3. The second-order valence-electron chi connectivity index (χ2n) is 29.1. The van der Waals surface area contributed by atoms with Gasteiger partial charge in [-0.15, -0.1) is 0 Å². The number of unbranched alkanes of at least 4 members (excludes halogenated alkanes) is 1. The molecule has 2 aromatic rings. The lowest BCUT2D eigenvalue weighted by Gasteiger charge is -2.29. The Bertz CT molecular complexity index is 3940. The number of carbonyl (C=O) groups excluding carboxylic acids is 16. The first-order valence-electron chi connectivity index (χ1n) is 39.5. The molecule has 49 nitrogen and oxygen atoms in total. The number of benzene rings is 2. The fourth-order valence-electron chi connectivity index (χ4n) is 11.4. The first kappa shape index (κ1) is 108. The van der Waals surface area contributed by atoms with Crippen molar-refractivity contribution in [2.75, 3.05) is 72.4 Å². The maximum Gasteiger partial charge on any atom is 0.322 e. The van der Waals surface area contributed by atoms with Crippen molar-refractivity contribution in [1.29, 1.82) is 5.41 Å². The summed E-state index contributed by atoms with van der Waals surface area (Å²) in [6.07, 6.45) is -1.18. The molecule has 2 aromatic carbocycles. The predicted molar refractivity (Wildman–Crippen MR) is 434 cm³/mol. The number of hydrogen-bond acceptors (Lipinski definition) is 29. The van der Waals surface area contributed by atoms with E-state index in [9.17, 15) is 132 Å². The Morgan fingerprint density at radius 1 is 0.355 bits per heavy atom. The van der Waals surface area contributed by atoms with Crippen molar-refractivity contribution >= 4 is 112 Å². The van der Waals surface area contributed by atoms with Gasteiger partial charge in [0.1, 0.15) is 103 Å². The third-order valence-corrected chi connectivity index (χ3v) is 19.0. The van der Waals surface area contributed by atoms with Crippen LogP contribution in [0, 0.1) is 23.2 Å². The Morgan fingerprint density at radius 2 is 0.669 bits per heavy atom. The van der Waals surface area contributed by atoms with E-state index < -0.39 is 293 Å². The smallest absolute Gasteiger partial charge is 0.322 e. The lowest BCUT2D eigenvalue weighted by molar-refractivity contribution is -0.141. The molecule has 0 bridgehead atoms. The van der Waals surface area contributed by atoms with Crippen LogP contribution in [-0.2, 0) is 99.1 Å². The number of carboxylic acids is 2. The van der Waals surface area contributed by atoms with E-state index in [-0.39, 0.29) is 61.4 Å². The van der Waals surface area contributed by atoms with Crippen LogP contribution in [0.1, 0.15) is 104 Å². The number of aromatic hydroxyl groups is 2. The number of phenols is 2. The molecular formula is C75H119N21O28. The fraction of sp³-hybridized carbons (Fsp3) is 0.587. The summed E-state index contributed by atoms with van der Waals surface area (Å²) in [4.78, 5) is 242. The van der Waals surface area contributed by atoms with Gasteiger partial charge in [-0.25, -0.2) is 0 Å². The van der Waals surface area contributed by atoms with Gasteiger partial charge in [0, 0.05) is 19.4 Å². The maximum absolute atomic E-state index is 14.7. The summed E-state index contributed by atoms with van der Waals surface area (Å²) >= 11 is 0. The van der Waals surface area contributed by atoms with E-state index in [0.717, 1.165) is 0 Å². The minimum atomic E-state index is -2.05. The van der Waals surface area contributed by atoms with Crippen molar-refractivity contribution in [2.45, 2.75) is 190 Å². The molecule has 0 heterocycles. The molecule has 16 atom stereocenters. The summed E-state index contributed by atoms with van der Waals surface area (Å²) in [7, 11) is 0. The summed E-state index contributed by atoms with van der Waals surface area (Å²) in [6.45, 7) is 0.0444. The molecule has 0 spiro atoms. The Hall–Kier alpha value is -12.5. The Labute approximate surface area is 711 Å². The molecule has 34 N–H and O–H groups in total. The highest BCUT2D eigenvalue weighted by Crippen LogP contribution is 2.17. The molecule has 0 radical (unpaired) electrons. The topological polar surface area (TPSA) is 816 Å². The predicted octanol–water partition coefficient (Wildman–Crippen LogP) is -12.5. The minimum Gasteiger partial charge on any atom is -0.508 e. The van der Waals surface area contributed by atoms with E-state index in [2.05, 4.69) is 90.4 Å². The standard InChI is InChI=1S/C75H119N21O28/c1-7-37(5)59(95-61(111)43(77)30-97)73(123)93-52(34-101)70(120)91-50(32-99)69(119)89-49(31-98)64(114)82-27-54(105)84-45(13-11-23-80-75(78)79)65(115)88-47(25-40-16-20-42(104)21-17-40)67(117)96-60(38(6)8-2)74(124)92-51(33-100)68(118)87-46(24-39-14-18-41(103)19-15-39)63(113)81-28-55(106)85-48(26-56(107)108)66(116)90-53(35-102)71(121)94-58(36(3)4)72(122)86-44(12-9-10-22-76)62(112)83-29-57(109)110/h14-21,36-38,43-53,58-60,97-104H,7-13,22-35,76-77H2,1-6H3,(H,81,113)(H,82,114)(H,83,112)(H,84,105)(H,85,106)(H,86,122)(H,87,118)(H,88,115)(H,89,119)(H,90,116)(H,91,120)(H,92,124)(H,93,123)(H,94,121)(H,95,111)(H,96,117)(H,107,108)(H,109,110)(H4,78,79,80)/t37-,38-,43-,44-,45-,46-,47-,48-,49-,50-,51-,52-,53-,58-,59-,60-/m0/s1. The van der Waals surface area contributed by atoms with Crippen molar-refractivity contribution in [3.63, 3.8) is 0 Å². The van der Waals surface area contributed by atoms with Crippen LogP contribution in [0.4, 0.5) is 0 Å². The SMILES string of the molecule is CC[C@H](C)[C@H](NC(=O)[C@H](Cc1ccc(O)cc1)NC(=O)[C@H](CCCNC(=N)N)NC(=O)CNC(=O)[C@H](CO)NC(=O)[C@H](CO)NC(=O)[C@H](CO)NC(=O)[C@@H](NC(=O)[C@@H](N)CO)[C@@H](C)CC)C(=O)N[C@@H](CO)C(=O)N[C@@H](Cc1ccc(O)cc1)C(=O)NCC(=O)N[C@@H](CC(=O)O)C(=O)N[C@@H](CO)C(=O)N[C@H](C(=O)N[C@@H](CCCCN)C(=O)NCC(=O)O)C(C)C. The maximum atomic E-state index is 14.7. The second kappa shape index (κ2) is 56.2. The molecule has 0 saturated carbocycles. The number of carbonyl (C=O) groups is 18. The van der Waals surface area contributed by atoms with Gasteiger partial charge in [0.2, 0.25) is 94.5 Å². The van der Waals surface area contributed by atoms with Crippen LogP contribution in [0.5, 0.6) is 11.5 Å². The van der Waals surface area contributed by atoms with Gasteiger partial charge in [-0.3, -0.25) is 91.7 Å². The van der Waals surface area contributed by atoms with Crippen LogP contribution in [0.2, 0.25) is 0 Å². The largest absolute Gasteiger partial charge is 0.508 e. The summed E-state index contributed by atoms with van der Waals surface area (Å²) in [5.41, 5.74) is 17.1. The number of amides is 16. The number of phenolic OH excluding ortho intramolecular Hbond substituents is 2. The highest BCUT2D eigenvalue weighted by Gasteiger charge is 2.39. The molecule has 0 aliphatic rings. The molecule has 0 saturated heterocycles. The molecule has 16 amide bonds. The zero-order chi connectivity index (χ0) is 93.6. The van der Waals surface area contributed by atoms with Gasteiger partial charge in [-0.05, 0) is 91.8 Å². The van der Waals surface area contributed by atoms with Crippen LogP contribution < -0.4 is 108 Å². The summed E-state index contributed by atoms with van der Waals surface area (Å²) in [5.74, 6) is -24.4. The first-order valence-corrected chi connectivity index (χ1v) is 39.5. The zero-order valence-electron chi connectivity index (χ0n) is 69.3. The normalized spacial score (nSPS) is 14.9. The van der Waals surface area contributed by atoms with Gasteiger partial charge in [0.05, 0.1) is 59.2 Å². The van der Waals surface area contributed by atoms with Crippen LogP contribution in [-0.4, -0.2) is 320 Å². The third kappa shape index (κ3) is 38.7. The molecular weight excluding hydrogens is 1640 g/mol. The summed E-state index contributed by atoms with van der Waals surface area (Å²) in [5, 5.41) is 146. The Kier molecular flexibility index (Phi) is 48.7. The number of rotatable bonds is 58. The number of nitrogens with one attached hydrogen (secondary N) is 18. The van der Waals surface area contributed by atoms with Gasteiger partial charge in [0.15, 0.2) is 5.96 Å². The van der Waals surface area contributed by atoms with E-state index >= 15 is 0 Å². The number of aliphatic hydroxyl groups excluding tert-OH is 6. The monoisotopic (exact) mass is 1760 g/mol. The van der Waals surface area contributed by atoms with Crippen molar-refractivity contribution in [1.82, 2.24) is 90.4 Å². The van der Waals surface area contributed by atoms with Gasteiger partial charge >= 0.3 is 11.9 Å². The summed E-state index contributed by atoms with van der Waals surface area (Å²) in [6, 6.07) is -13.5. The molecule has 0 aromatic heterocycles. The molecule has 0 fully saturated rings. The number of aliphatic hydroxyl groups is 6. The number of hydrogen-bond donors (Lipinski definition) is 31. The van der Waals surface area contributed by atoms with Gasteiger partial charge < -0.3 is 159 Å². The number of guanidine groups is 1. The quantitative estimate of drug-likeness (QED) is 0.0166. The average molecular weight is 1760 g/mol. The van der Waals surface area contributed by atoms with E-state index in [1.807, 2.05) is 0 Å². The third-order valence-electron chi connectivity index (χ3n) is 19.0. The minimum absolute atomic E-state index is 0.00447. The molecule has 124 heavy (non-hydrogen) atoms. The molecule has 49 heteroatoms. The lowest BCUT2D eigenvalue weighted by Crippen LogP contribution is -2.62. The van der Waals surface area contributed by atoms with E-state index in [4.69, 9.17) is 27.7 Å². The van der Waals surface area contributed by atoms with Gasteiger partial charge in [-0.1, -0.05) is 78.6 Å². The summed E-state index contributed by atoms with van der Waals surface area (Å²) < 4.78 is 0. The molecule has 0 aliphatic carbocycles. The van der Waals surface area contributed by atoms with Crippen molar-refractivity contribution in [2.24, 2.45) is 35.0 Å². The first-order chi connectivity index (χ1) is 58.5. The highest BCUT2D eigenvalue weighted by molar-refractivity contribution is 6.01. The van der Waals surface area contributed by atoms with Gasteiger partial charge in [-0.2, -0.15) is 0 Å². The van der Waals surface area contributed by atoms with Crippen LogP contribution in [0.15, 0.2) is 48.5 Å². The second-order valence-corrected chi connectivity index (χ2v) is 29.1. The van der Waals surface area contributed by atoms with Crippen LogP contribution in [0.3, 0.4) is 0 Å². The number of carboxylic acid groups (broad SMARTS) is 2. The molecule has 0 unspecified atom stereocenters.